The lowest BCUT2D eigenvalue weighted by molar-refractivity contribution is -0.152. The first-order chi connectivity index (χ1) is 35.0. The number of amides is 7. The molecule has 19 heteroatoms. The average molecular weight is 1040 g/mol. The third-order valence-electron chi connectivity index (χ3n) is 14.4. The zero-order valence-electron chi connectivity index (χ0n) is 46.7. The average Bonchev–Trinajstić information content (AvgIpc) is 3.97. The molecule has 19 nitrogen and oxygen atoms in total. The summed E-state index contributed by atoms with van der Waals surface area (Å²) < 4.78 is 18.1. The van der Waals surface area contributed by atoms with Crippen molar-refractivity contribution in [2.24, 2.45) is 28.8 Å². The number of likely N-dealkylation sites (N-methyl/N-ethyl adjacent to an activating group) is 2. The highest BCUT2D eigenvalue weighted by atomic mass is 16.5. The highest BCUT2D eigenvalue weighted by Crippen LogP contribution is 2.31. The van der Waals surface area contributed by atoms with Crippen molar-refractivity contribution in [2.45, 2.75) is 175 Å². The van der Waals surface area contributed by atoms with Crippen molar-refractivity contribution in [3.8, 4) is 0 Å². The molecule has 7 amide bonds. The maximum Gasteiger partial charge on any atom is 0.306 e. The van der Waals surface area contributed by atoms with Crippen molar-refractivity contribution < 1.29 is 52.6 Å². The highest BCUT2D eigenvalue weighted by Gasteiger charge is 2.43. The number of unbranched alkanes of at least 4 members (excludes halogenated alkanes) is 2. The third kappa shape index (κ3) is 18.1. The van der Waals surface area contributed by atoms with Crippen molar-refractivity contribution in [2.75, 3.05) is 48.5 Å². The largest absolute Gasteiger partial charge is 0.455 e. The van der Waals surface area contributed by atoms with Crippen LogP contribution in [0.5, 0.6) is 0 Å². The maximum absolute atomic E-state index is 14.5. The Morgan fingerprint density at radius 2 is 1.46 bits per heavy atom. The van der Waals surface area contributed by atoms with Crippen molar-refractivity contribution in [3.05, 3.63) is 48.0 Å². The van der Waals surface area contributed by atoms with E-state index in [0.717, 1.165) is 0 Å². The van der Waals surface area contributed by atoms with Crippen molar-refractivity contribution in [1.29, 1.82) is 0 Å². The van der Waals surface area contributed by atoms with Gasteiger partial charge >= 0.3 is 5.97 Å². The number of imide groups is 1. The summed E-state index contributed by atoms with van der Waals surface area (Å²) in [7, 11) is 8.47. The Morgan fingerprint density at radius 1 is 0.811 bits per heavy atom. The quantitative estimate of drug-likeness (QED) is 0.0288. The number of hydrogen-bond acceptors (Lipinski definition) is 13. The number of hydrazone groups is 1. The minimum Gasteiger partial charge on any atom is -0.455 e. The fraction of sp³-hybridized carbons (Fsp3) is 0.691. The molecule has 414 valence electrons. The zero-order valence-corrected chi connectivity index (χ0v) is 46.7. The smallest absolute Gasteiger partial charge is 0.306 e. The first-order valence-electron chi connectivity index (χ1n) is 26.5. The number of nitrogens with zero attached hydrogens (tertiary/aromatic N) is 5. The molecule has 0 bridgehead atoms. The normalized spacial score (nSPS) is 18.7. The van der Waals surface area contributed by atoms with Crippen LogP contribution in [0.15, 0.2) is 47.6 Å². The number of carbonyl (C=O) groups excluding carboxylic acids is 8. The molecule has 0 spiro atoms. The van der Waals surface area contributed by atoms with Gasteiger partial charge in [-0.25, -0.2) is 5.43 Å². The molecule has 2 aliphatic heterocycles. The number of ether oxygens (including phenoxy) is 3. The van der Waals surface area contributed by atoms with Gasteiger partial charge in [0, 0.05) is 58.6 Å². The Labute approximate surface area is 440 Å². The minimum atomic E-state index is -0.850. The highest BCUT2D eigenvalue weighted by molar-refractivity contribution is 6.12. The Bertz CT molecular complexity index is 2070. The van der Waals surface area contributed by atoms with Crippen molar-refractivity contribution >= 4 is 53.0 Å². The van der Waals surface area contributed by atoms with E-state index < -0.39 is 60.4 Å². The standard InChI is InChI=1S/C55H88N8O11/c1-15-36(6)50(61(12)55(71)48(34(2)3)57-54(70)49(35(4)5)60(10)11)42(72-13)33-46(67)62-32-22-25-41(62)51(73-14)38(8)53(69)56-39(9)52(40-23-18-16-19-24-40)74-47(68)30-27-37(7)58-59-43(64)26-20-17-21-31-63-44(65)28-29-45(63)66/h16,18-19,23-24,28-29,34-36,38-39,41-42,48-52H,15,17,20-22,25-27,30-33H2,1-14H3,(H,56,69)(H,57,70)(H,59,64)/t36-,38+,39+,41-,42+,48-,49-,50-,51+,52+/m0/s1. The molecular formula is C55H88N8O11. The summed E-state index contributed by atoms with van der Waals surface area (Å²) in [5.41, 5.74) is 3.71. The summed E-state index contributed by atoms with van der Waals surface area (Å²) in [6.07, 6.45) is 4.41. The first kappa shape index (κ1) is 62.8. The molecule has 0 aliphatic carbocycles. The van der Waals surface area contributed by atoms with E-state index in [9.17, 15) is 38.4 Å². The number of likely N-dealkylation sites (tertiary alicyclic amines) is 1. The number of rotatable bonds is 31. The van der Waals surface area contributed by atoms with E-state index in [1.807, 2.05) is 90.9 Å². The predicted octanol–water partition coefficient (Wildman–Crippen LogP) is 5.18. The van der Waals surface area contributed by atoms with Crippen molar-refractivity contribution in [1.82, 2.24) is 35.7 Å². The molecule has 10 atom stereocenters. The van der Waals surface area contributed by atoms with Crippen LogP contribution < -0.4 is 16.1 Å². The number of carbonyl (C=O) groups is 8. The van der Waals surface area contributed by atoms with E-state index in [-0.39, 0.29) is 84.8 Å². The van der Waals surface area contributed by atoms with Crippen molar-refractivity contribution in [3.63, 3.8) is 0 Å². The van der Waals surface area contributed by atoms with Crippen LogP contribution in [-0.4, -0.2) is 164 Å². The Kier molecular flexibility index (Phi) is 26.1. The summed E-state index contributed by atoms with van der Waals surface area (Å²) >= 11 is 0. The molecular weight excluding hydrogens is 949 g/mol. The fourth-order valence-corrected chi connectivity index (χ4v) is 10.1. The van der Waals surface area contributed by atoms with Crippen LogP contribution in [0.25, 0.3) is 0 Å². The monoisotopic (exact) mass is 1040 g/mol. The molecule has 1 aromatic carbocycles. The van der Waals surface area contributed by atoms with Crippen LogP contribution >= 0.6 is 0 Å². The van der Waals surface area contributed by atoms with Gasteiger partial charge in [-0.2, -0.15) is 5.10 Å². The second-order valence-corrected chi connectivity index (χ2v) is 20.9. The number of methoxy groups -OCH3 is 2. The van der Waals surface area contributed by atoms with Gasteiger partial charge in [0.2, 0.25) is 29.5 Å². The lowest BCUT2D eigenvalue weighted by atomic mass is 9.89. The van der Waals surface area contributed by atoms with Crippen LogP contribution in [0.3, 0.4) is 0 Å². The number of benzene rings is 1. The molecule has 1 saturated heterocycles. The predicted molar refractivity (Wildman–Crippen MR) is 283 cm³/mol. The number of nitrogens with one attached hydrogen (secondary N) is 3. The van der Waals surface area contributed by atoms with Crippen LogP contribution in [0, 0.1) is 23.7 Å². The molecule has 0 saturated carbocycles. The Morgan fingerprint density at radius 3 is 2.03 bits per heavy atom. The van der Waals surface area contributed by atoms with Gasteiger partial charge < -0.3 is 34.6 Å². The van der Waals surface area contributed by atoms with Crippen LogP contribution in [0.1, 0.15) is 138 Å². The molecule has 0 radical (unpaired) electrons. The molecule has 0 unspecified atom stereocenters. The van der Waals surface area contributed by atoms with E-state index >= 15 is 0 Å². The van der Waals surface area contributed by atoms with Crippen LogP contribution in [0.2, 0.25) is 0 Å². The van der Waals surface area contributed by atoms with Gasteiger partial charge in [-0.15, -0.1) is 0 Å². The van der Waals surface area contributed by atoms with E-state index in [2.05, 4.69) is 21.2 Å². The van der Waals surface area contributed by atoms with Gasteiger partial charge in [0.05, 0.1) is 55.1 Å². The zero-order chi connectivity index (χ0) is 55.4. The molecule has 1 fully saturated rings. The summed E-state index contributed by atoms with van der Waals surface area (Å²) in [4.78, 5) is 112. The molecule has 3 N–H and O–H groups in total. The minimum absolute atomic E-state index is 0.0160. The topological polar surface area (TPSA) is 226 Å². The molecule has 3 rings (SSSR count). The Balaban J connectivity index is 1.65. The van der Waals surface area contributed by atoms with Gasteiger partial charge in [-0.1, -0.05) is 91.6 Å². The first-order valence-corrected chi connectivity index (χ1v) is 26.5. The van der Waals surface area contributed by atoms with E-state index in [0.29, 0.717) is 62.9 Å². The van der Waals surface area contributed by atoms with Gasteiger partial charge in [-0.05, 0) is 83.4 Å². The molecule has 1 aromatic rings. The van der Waals surface area contributed by atoms with E-state index in [1.165, 1.54) is 24.2 Å². The van der Waals surface area contributed by atoms with Gasteiger partial charge in [0.15, 0.2) is 0 Å². The summed E-state index contributed by atoms with van der Waals surface area (Å²) in [5, 5.41) is 10.2. The van der Waals surface area contributed by atoms with Crippen LogP contribution in [-0.2, 0) is 52.6 Å². The number of hydrogen-bond donors (Lipinski definition) is 3. The Hall–Kier alpha value is -5.53. The molecule has 2 heterocycles. The summed E-state index contributed by atoms with van der Waals surface area (Å²) in [5.74, 6) is -3.50. The molecule has 74 heavy (non-hydrogen) atoms. The number of esters is 1. The maximum atomic E-state index is 14.5. The van der Waals surface area contributed by atoms with E-state index in [4.69, 9.17) is 14.2 Å². The van der Waals surface area contributed by atoms with Gasteiger partial charge in [0.1, 0.15) is 12.1 Å². The SMILES string of the molecule is CC[C@H](C)[C@@H]([C@@H](CC(=O)N1CCC[C@H]1[C@H](OC)[C@@H](C)C(=O)N[C@H](C)[C@@H](OC(=O)CCC(C)=NNC(=O)CCCCCN1C(=O)C=CC1=O)c1ccccc1)OC)N(C)C(=O)[C@@H](NC(=O)[C@H](C(C)C)N(C)C)C(C)C. The van der Waals surface area contributed by atoms with Crippen LogP contribution in [0.4, 0.5) is 0 Å². The second-order valence-electron chi connectivity index (χ2n) is 20.9. The van der Waals surface area contributed by atoms with Gasteiger partial charge in [0.25, 0.3) is 11.8 Å². The van der Waals surface area contributed by atoms with Gasteiger partial charge in [-0.3, -0.25) is 48.2 Å². The molecule has 2 aliphatic rings. The summed E-state index contributed by atoms with van der Waals surface area (Å²) in [6.45, 7) is 17.8. The summed E-state index contributed by atoms with van der Waals surface area (Å²) in [6, 6.07) is 6.27. The lowest BCUT2D eigenvalue weighted by Gasteiger charge is -2.41. The molecule has 0 aromatic heterocycles. The third-order valence-corrected chi connectivity index (χ3v) is 14.4. The van der Waals surface area contributed by atoms with E-state index in [1.54, 1.807) is 44.7 Å². The second kappa shape index (κ2) is 30.7. The lowest BCUT2D eigenvalue weighted by Crippen LogP contribution is -2.59. The fourth-order valence-electron chi connectivity index (χ4n) is 10.1.